The standard InChI is InChI=1S/C21H28N2O5/c1-12-18(21(25)28-7)13(2)22-19(12)20(24)14(3)23(4)11-15-8-9-16(26-5)17(10-15)27-6/h8-10,14,22H,11H2,1-7H3. The van der Waals surface area contributed by atoms with Crippen molar-refractivity contribution in [3.05, 3.63) is 46.3 Å². The fourth-order valence-corrected chi connectivity index (χ4v) is 3.22. The van der Waals surface area contributed by atoms with Gasteiger partial charge in [0.05, 0.1) is 38.6 Å². The number of Topliss-reactive ketones (excluding diaryl/α,β-unsaturated/α-hetero) is 1. The van der Waals surface area contributed by atoms with Gasteiger partial charge in [-0.15, -0.1) is 0 Å². The SMILES string of the molecule is COC(=O)c1c(C)[nH]c(C(=O)C(C)N(C)Cc2ccc(OC)c(OC)c2)c1C. The molecule has 152 valence electrons. The minimum atomic E-state index is -0.448. The van der Waals surface area contributed by atoms with Gasteiger partial charge < -0.3 is 19.2 Å². The van der Waals surface area contributed by atoms with E-state index in [0.717, 1.165) is 5.56 Å². The molecule has 2 rings (SSSR count). The van der Waals surface area contributed by atoms with Crippen LogP contribution in [0, 0.1) is 13.8 Å². The van der Waals surface area contributed by atoms with Crippen molar-refractivity contribution in [1.82, 2.24) is 9.88 Å². The van der Waals surface area contributed by atoms with Crippen LogP contribution in [0.15, 0.2) is 18.2 Å². The number of esters is 1. The average molecular weight is 388 g/mol. The van der Waals surface area contributed by atoms with E-state index in [4.69, 9.17) is 14.2 Å². The van der Waals surface area contributed by atoms with Gasteiger partial charge in [-0.05, 0) is 51.1 Å². The second kappa shape index (κ2) is 8.93. The summed E-state index contributed by atoms with van der Waals surface area (Å²) in [6, 6.07) is 5.28. The second-order valence-corrected chi connectivity index (χ2v) is 6.76. The molecule has 0 radical (unpaired) electrons. The third kappa shape index (κ3) is 4.20. The summed E-state index contributed by atoms with van der Waals surface area (Å²) in [6.07, 6.45) is 0. The molecule has 0 amide bonds. The van der Waals surface area contributed by atoms with E-state index >= 15 is 0 Å². The highest BCUT2D eigenvalue weighted by Gasteiger charge is 2.27. The van der Waals surface area contributed by atoms with Crippen LogP contribution in [-0.4, -0.2) is 56.1 Å². The van der Waals surface area contributed by atoms with Gasteiger partial charge in [-0.2, -0.15) is 0 Å². The van der Waals surface area contributed by atoms with Gasteiger partial charge in [0.15, 0.2) is 17.3 Å². The first kappa shape index (κ1) is 21.5. The number of likely N-dealkylation sites (N-methyl/N-ethyl adjacent to an activating group) is 1. The number of methoxy groups -OCH3 is 3. The van der Waals surface area contributed by atoms with Gasteiger partial charge in [0.25, 0.3) is 0 Å². The Morgan fingerprint density at radius 3 is 2.32 bits per heavy atom. The summed E-state index contributed by atoms with van der Waals surface area (Å²) < 4.78 is 15.4. The van der Waals surface area contributed by atoms with E-state index in [1.807, 2.05) is 37.1 Å². The highest BCUT2D eigenvalue weighted by atomic mass is 16.5. The van der Waals surface area contributed by atoms with Gasteiger partial charge in [0.2, 0.25) is 0 Å². The van der Waals surface area contributed by atoms with Gasteiger partial charge >= 0.3 is 5.97 Å². The topological polar surface area (TPSA) is 80.9 Å². The first-order chi connectivity index (χ1) is 13.2. The van der Waals surface area contributed by atoms with E-state index in [2.05, 4.69) is 4.98 Å². The van der Waals surface area contributed by atoms with Crippen LogP contribution in [0.2, 0.25) is 0 Å². The Morgan fingerprint density at radius 1 is 1.11 bits per heavy atom. The zero-order valence-corrected chi connectivity index (χ0v) is 17.5. The maximum Gasteiger partial charge on any atom is 0.339 e. The minimum absolute atomic E-state index is 0.0845. The summed E-state index contributed by atoms with van der Waals surface area (Å²) in [5.41, 5.74) is 3.09. The molecule has 0 aliphatic heterocycles. The lowest BCUT2D eigenvalue weighted by atomic mass is 10.0. The zero-order chi connectivity index (χ0) is 21.0. The number of H-pyrrole nitrogens is 1. The van der Waals surface area contributed by atoms with Crippen LogP contribution in [0.25, 0.3) is 0 Å². The largest absolute Gasteiger partial charge is 0.493 e. The van der Waals surface area contributed by atoms with E-state index in [9.17, 15) is 9.59 Å². The Kier molecular flexibility index (Phi) is 6.85. The fraction of sp³-hybridized carbons (Fsp3) is 0.429. The molecule has 0 saturated heterocycles. The number of nitrogens with zero attached hydrogens (tertiary/aromatic N) is 1. The van der Waals surface area contributed by atoms with Crippen LogP contribution >= 0.6 is 0 Å². The Hall–Kier alpha value is -2.80. The number of hydrogen-bond acceptors (Lipinski definition) is 6. The molecule has 1 aromatic heterocycles. The molecule has 7 nitrogen and oxygen atoms in total. The number of benzene rings is 1. The normalized spacial score (nSPS) is 12.0. The van der Waals surface area contributed by atoms with Gasteiger partial charge in [-0.1, -0.05) is 6.07 Å². The van der Waals surface area contributed by atoms with Crippen molar-refractivity contribution < 1.29 is 23.8 Å². The highest BCUT2D eigenvalue weighted by molar-refractivity contribution is 6.03. The Morgan fingerprint density at radius 2 is 1.75 bits per heavy atom. The maximum absolute atomic E-state index is 13.0. The summed E-state index contributed by atoms with van der Waals surface area (Å²) >= 11 is 0. The summed E-state index contributed by atoms with van der Waals surface area (Å²) in [5, 5.41) is 0. The molecule has 0 aliphatic rings. The Labute approximate surface area is 165 Å². The van der Waals surface area contributed by atoms with Crippen LogP contribution < -0.4 is 9.47 Å². The van der Waals surface area contributed by atoms with Crippen LogP contribution in [0.5, 0.6) is 11.5 Å². The van der Waals surface area contributed by atoms with E-state index in [0.29, 0.717) is 40.6 Å². The average Bonchev–Trinajstić information content (AvgIpc) is 2.99. The van der Waals surface area contributed by atoms with Crippen LogP contribution in [0.4, 0.5) is 0 Å². The van der Waals surface area contributed by atoms with Gasteiger partial charge in [0.1, 0.15) is 0 Å². The van der Waals surface area contributed by atoms with E-state index in [1.165, 1.54) is 7.11 Å². The van der Waals surface area contributed by atoms with Gasteiger partial charge in [-0.3, -0.25) is 9.69 Å². The van der Waals surface area contributed by atoms with E-state index in [1.54, 1.807) is 28.1 Å². The molecule has 1 atom stereocenters. The number of rotatable bonds is 8. The second-order valence-electron chi connectivity index (χ2n) is 6.76. The van der Waals surface area contributed by atoms with Crippen molar-refractivity contribution in [2.75, 3.05) is 28.4 Å². The molecule has 0 bridgehead atoms. The molecule has 0 spiro atoms. The molecular formula is C21H28N2O5. The predicted molar refractivity (Wildman–Crippen MR) is 106 cm³/mol. The van der Waals surface area contributed by atoms with E-state index in [-0.39, 0.29) is 5.78 Å². The Balaban J connectivity index is 2.20. The maximum atomic E-state index is 13.0. The number of aromatic nitrogens is 1. The smallest absolute Gasteiger partial charge is 0.339 e. The lowest BCUT2D eigenvalue weighted by molar-refractivity contribution is 0.0599. The molecule has 28 heavy (non-hydrogen) atoms. The molecule has 1 N–H and O–H groups in total. The quantitative estimate of drug-likeness (QED) is 0.553. The molecule has 7 heteroatoms. The zero-order valence-electron chi connectivity index (χ0n) is 17.5. The molecule has 0 saturated carbocycles. The van der Waals surface area contributed by atoms with Gasteiger partial charge in [-0.25, -0.2) is 4.79 Å². The predicted octanol–water partition coefficient (Wildman–Crippen LogP) is 3.14. The van der Waals surface area contributed by atoms with Gasteiger partial charge in [0, 0.05) is 12.2 Å². The third-order valence-corrected chi connectivity index (χ3v) is 4.99. The third-order valence-electron chi connectivity index (χ3n) is 4.99. The molecule has 2 aromatic rings. The monoisotopic (exact) mass is 388 g/mol. The molecule has 0 fully saturated rings. The molecule has 1 heterocycles. The van der Waals surface area contributed by atoms with Crippen molar-refractivity contribution >= 4 is 11.8 Å². The first-order valence-corrected chi connectivity index (χ1v) is 8.97. The number of nitrogens with one attached hydrogen (secondary N) is 1. The number of hydrogen-bond donors (Lipinski definition) is 1. The summed E-state index contributed by atoms with van der Waals surface area (Å²) in [4.78, 5) is 30.0. The summed E-state index contributed by atoms with van der Waals surface area (Å²) in [7, 11) is 6.39. The Bertz CT molecular complexity index is 872. The lowest BCUT2D eigenvalue weighted by Crippen LogP contribution is -2.36. The number of aromatic amines is 1. The van der Waals surface area contributed by atoms with Crippen molar-refractivity contribution in [2.45, 2.75) is 33.4 Å². The fourth-order valence-electron chi connectivity index (χ4n) is 3.22. The minimum Gasteiger partial charge on any atom is -0.493 e. The van der Waals surface area contributed by atoms with Crippen LogP contribution in [-0.2, 0) is 11.3 Å². The summed E-state index contributed by atoms with van der Waals surface area (Å²) in [6.45, 7) is 5.91. The molecule has 1 unspecified atom stereocenters. The van der Waals surface area contributed by atoms with Crippen molar-refractivity contribution in [3.8, 4) is 11.5 Å². The summed E-state index contributed by atoms with van der Waals surface area (Å²) in [5.74, 6) is 0.771. The number of carbonyl (C=O) groups excluding carboxylic acids is 2. The molecule has 1 aromatic carbocycles. The molecular weight excluding hydrogens is 360 g/mol. The number of ether oxygens (including phenoxy) is 3. The number of aryl methyl sites for hydroxylation is 1. The van der Waals surface area contributed by atoms with Crippen LogP contribution in [0.1, 0.15) is 44.6 Å². The van der Waals surface area contributed by atoms with Crippen LogP contribution in [0.3, 0.4) is 0 Å². The highest BCUT2D eigenvalue weighted by Crippen LogP contribution is 2.28. The number of carbonyl (C=O) groups is 2. The van der Waals surface area contributed by atoms with E-state index < -0.39 is 12.0 Å². The molecule has 0 aliphatic carbocycles. The van der Waals surface area contributed by atoms with Crippen molar-refractivity contribution in [3.63, 3.8) is 0 Å². The van der Waals surface area contributed by atoms with Crippen molar-refractivity contribution in [2.24, 2.45) is 0 Å². The lowest BCUT2D eigenvalue weighted by Gasteiger charge is -2.24. The number of ketones is 1. The first-order valence-electron chi connectivity index (χ1n) is 8.97. The van der Waals surface area contributed by atoms with Crippen molar-refractivity contribution in [1.29, 1.82) is 0 Å².